The fraction of sp³-hybridized carbons (Fsp3) is 0. The molecule has 17 heavy (non-hydrogen) atoms. The molecule has 0 unspecified atom stereocenters. The van der Waals surface area contributed by atoms with Gasteiger partial charge in [-0.05, 0) is 36.4 Å². The first-order valence-corrected chi connectivity index (χ1v) is 6.45. The summed E-state index contributed by atoms with van der Waals surface area (Å²) in [5.74, 6) is 0. The van der Waals surface area contributed by atoms with Crippen molar-refractivity contribution in [3.8, 4) is 0 Å². The highest BCUT2D eigenvalue weighted by atomic mass is 79.9. The third-order valence-corrected chi connectivity index (χ3v) is 3.36. The van der Waals surface area contributed by atoms with E-state index in [9.17, 15) is 0 Å². The number of hydrogen-bond donors (Lipinski definition) is 0. The topological polar surface area (TPSA) is 12.4 Å². The zero-order valence-corrected chi connectivity index (χ0v) is 11.8. The van der Waals surface area contributed by atoms with Crippen molar-refractivity contribution in [1.29, 1.82) is 0 Å². The highest BCUT2D eigenvalue weighted by Crippen LogP contribution is 2.23. The highest BCUT2D eigenvalue weighted by Gasteiger charge is 2.01. The second kappa shape index (κ2) is 5.67. The van der Waals surface area contributed by atoms with Gasteiger partial charge in [0, 0.05) is 16.3 Å². The molecule has 0 fully saturated rings. The fourth-order valence-electron chi connectivity index (χ4n) is 1.30. The van der Waals surface area contributed by atoms with Gasteiger partial charge in [-0.15, -0.1) is 0 Å². The lowest BCUT2D eigenvalue weighted by Crippen LogP contribution is -1.84. The molecule has 4 heteroatoms. The largest absolute Gasteiger partial charge is 0.256 e. The number of rotatable bonds is 2. The van der Waals surface area contributed by atoms with Gasteiger partial charge in [0.15, 0.2) is 0 Å². The molecule has 0 N–H and O–H groups in total. The average molecular weight is 329 g/mol. The lowest BCUT2D eigenvalue weighted by molar-refractivity contribution is 1.51. The third kappa shape index (κ3) is 3.32. The van der Waals surface area contributed by atoms with Crippen LogP contribution in [0.3, 0.4) is 0 Å². The summed E-state index contributed by atoms with van der Waals surface area (Å²) in [6, 6.07) is 13.1. The zero-order chi connectivity index (χ0) is 12.3. The van der Waals surface area contributed by atoms with Gasteiger partial charge in [0.2, 0.25) is 0 Å². The van der Waals surface area contributed by atoms with Crippen LogP contribution >= 0.6 is 39.1 Å². The first-order chi connectivity index (χ1) is 8.16. The van der Waals surface area contributed by atoms with E-state index in [1.54, 1.807) is 18.3 Å². The van der Waals surface area contributed by atoms with Crippen LogP contribution in [0.15, 0.2) is 51.9 Å². The second-order valence-corrected chi connectivity index (χ2v) is 5.10. The molecule has 2 rings (SSSR count). The average Bonchev–Trinajstić information content (AvgIpc) is 2.31. The van der Waals surface area contributed by atoms with Crippen molar-refractivity contribution in [3.05, 3.63) is 62.5 Å². The van der Waals surface area contributed by atoms with Crippen LogP contribution in [0.5, 0.6) is 0 Å². The summed E-state index contributed by atoms with van der Waals surface area (Å²) in [6.07, 6.45) is 1.67. The molecular formula is C13H8BrCl2N. The van der Waals surface area contributed by atoms with Crippen LogP contribution < -0.4 is 0 Å². The summed E-state index contributed by atoms with van der Waals surface area (Å²) >= 11 is 15.4. The van der Waals surface area contributed by atoms with Crippen molar-refractivity contribution in [2.45, 2.75) is 0 Å². The lowest BCUT2D eigenvalue weighted by Gasteiger charge is -2.00. The molecule has 0 spiro atoms. The predicted octanol–water partition coefficient (Wildman–Crippen LogP) is 5.51. The van der Waals surface area contributed by atoms with Crippen LogP contribution in [0, 0.1) is 0 Å². The Bertz CT molecular complexity index is 530. The second-order valence-electron chi connectivity index (χ2n) is 3.37. The summed E-state index contributed by atoms with van der Waals surface area (Å²) in [7, 11) is 0. The first kappa shape index (κ1) is 12.6. The van der Waals surface area contributed by atoms with Crippen molar-refractivity contribution in [1.82, 2.24) is 0 Å². The van der Waals surface area contributed by atoms with E-state index in [-0.39, 0.29) is 0 Å². The van der Waals surface area contributed by atoms with Crippen LogP contribution in [-0.4, -0.2) is 6.21 Å². The SMILES string of the molecule is Clc1cccc(Cl)c1C=Nc1ccc(Br)cc1. The molecule has 2 aromatic rings. The van der Waals surface area contributed by atoms with Gasteiger partial charge in [-0.3, -0.25) is 4.99 Å². The maximum atomic E-state index is 6.04. The van der Waals surface area contributed by atoms with Gasteiger partial charge >= 0.3 is 0 Å². The minimum absolute atomic E-state index is 0.596. The van der Waals surface area contributed by atoms with Crippen LogP contribution in [0.1, 0.15) is 5.56 Å². The molecule has 0 atom stereocenters. The van der Waals surface area contributed by atoms with Crippen molar-refractivity contribution in [3.63, 3.8) is 0 Å². The van der Waals surface area contributed by atoms with E-state index in [4.69, 9.17) is 23.2 Å². The minimum atomic E-state index is 0.596. The molecule has 0 saturated carbocycles. The van der Waals surface area contributed by atoms with Crippen LogP contribution in [0.2, 0.25) is 10.0 Å². The zero-order valence-electron chi connectivity index (χ0n) is 8.70. The monoisotopic (exact) mass is 327 g/mol. The fourth-order valence-corrected chi connectivity index (χ4v) is 2.06. The number of halogens is 3. The molecule has 0 saturated heterocycles. The van der Waals surface area contributed by atoms with Gasteiger partial charge in [-0.25, -0.2) is 0 Å². The first-order valence-electron chi connectivity index (χ1n) is 4.90. The van der Waals surface area contributed by atoms with Crippen molar-refractivity contribution in [2.24, 2.45) is 4.99 Å². The quantitative estimate of drug-likeness (QED) is 0.645. The number of aliphatic imine (C=N–C) groups is 1. The molecule has 0 aliphatic heterocycles. The lowest BCUT2D eigenvalue weighted by atomic mass is 10.2. The summed E-state index contributed by atoms with van der Waals surface area (Å²) in [5, 5.41) is 1.19. The van der Waals surface area contributed by atoms with Gasteiger partial charge in [0.05, 0.1) is 15.7 Å². The Morgan fingerprint density at radius 3 is 2.12 bits per heavy atom. The van der Waals surface area contributed by atoms with Crippen molar-refractivity contribution in [2.75, 3.05) is 0 Å². The molecule has 0 aliphatic carbocycles. The normalized spacial score (nSPS) is 11.0. The van der Waals surface area contributed by atoms with Crippen LogP contribution in [-0.2, 0) is 0 Å². The number of hydrogen-bond acceptors (Lipinski definition) is 1. The maximum Gasteiger partial charge on any atom is 0.0630 e. The molecule has 0 bridgehead atoms. The van der Waals surface area contributed by atoms with Gasteiger partial charge in [-0.1, -0.05) is 45.2 Å². The van der Waals surface area contributed by atoms with E-state index >= 15 is 0 Å². The van der Waals surface area contributed by atoms with Gasteiger partial charge in [0.25, 0.3) is 0 Å². The molecule has 0 radical (unpaired) electrons. The summed E-state index contributed by atoms with van der Waals surface area (Å²) < 4.78 is 1.02. The van der Waals surface area contributed by atoms with E-state index < -0.39 is 0 Å². The van der Waals surface area contributed by atoms with Crippen LogP contribution in [0.25, 0.3) is 0 Å². The highest BCUT2D eigenvalue weighted by molar-refractivity contribution is 9.10. The Kier molecular flexibility index (Phi) is 4.21. The maximum absolute atomic E-state index is 6.04. The van der Waals surface area contributed by atoms with Gasteiger partial charge in [0.1, 0.15) is 0 Å². The van der Waals surface area contributed by atoms with Gasteiger partial charge in [-0.2, -0.15) is 0 Å². The van der Waals surface area contributed by atoms with E-state index in [0.717, 1.165) is 15.7 Å². The summed E-state index contributed by atoms with van der Waals surface area (Å²) in [5.41, 5.74) is 1.59. The standard InChI is InChI=1S/C13H8BrCl2N/c14-9-4-6-10(7-5-9)17-8-11-12(15)2-1-3-13(11)16/h1-8H. The summed E-state index contributed by atoms with van der Waals surface area (Å²) in [6.45, 7) is 0. The number of benzene rings is 2. The Morgan fingerprint density at radius 1 is 0.941 bits per heavy atom. The van der Waals surface area contributed by atoms with Crippen molar-refractivity contribution >= 4 is 51.0 Å². The van der Waals surface area contributed by atoms with Crippen LogP contribution in [0.4, 0.5) is 5.69 Å². The molecule has 0 aliphatic rings. The Labute approximate surface area is 118 Å². The van der Waals surface area contributed by atoms with Crippen molar-refractivity contribution < 1.29 is 0 Å². The van der Waals surface area contributed by atoms with E-state index in [2.05, 4.69) is 20.9 Å². The van der Waals surface area contributed by atoms with E-state index in [0.29, 0.717) is 10.0 Å². The molecule has 0 amide bonds. The minimum Gasteiger partial charge on any atom is -0.256 e. The van der Waals surface area contributed by atoms with E-state index in [1.807, 2.05) is 30.3 Å². The predicted molar refractivity (Wildman–Crippen MR) is 77.9 cm³/mol. The molecule has 1 nitrogen and oxygen atoms in total. The Balaban J connectivity index is 2.29. The molecule has 2 aromatic carbocycles. The Morgan fingerprint density at radius 2 is 1.53 bits per heavy atom. The van der Waals surface area contributed by atoms with Gasteiger partial charge < -0.3 is 0 Å². The number of nitrogens with zero attached hydrogens (tertiary/aromatic N) is 1. The molecule has 0 aromatic heterocycles. The third-order valence-electron chi connectivity index (χ3n) is 2.17. The van der Waals surface area contributed by atoms with E-state index in [1.165, 1.54) is 0 Å². The summed E-state index contributed by atoms with van der Waals surface area (Å²) in [4.78, 5) is 4.32. The smallest absolute Gasteiger partial charge is 0.0630 e. The Hall–Kier alpha value is -0.830. The molecular weight excluding hydrogens is 321 g/mol. The molecule has 86 valence electrons. The molecule has 0 heterocycles.